The van der Waals surface area contributed by atoms with Gasteiger partial charge >= 0.3 is 6.18 Å². The van der Waals surface area contributed by atoms with Crippen LogP contribution in [0.3, 0.4) is 0 Å². The highest BCUT2D eigenvalue weighted by molar-refractivity contribution is 5.61. The molecule has 1 heterocycles. The minimum Gasteiger partial charge on any atom is -0.382 e. The van der Waals surface area contributed by atoms with Gasteiger partial charge in [0.25, 0.3) is 0 Å². The Kier molecular flexibility index (Phi) is 3.94. The standard InChI is InChI=1S/C21H23F3N2/c1-20(2)12-19(13-4-3-5-16(10-13)25-15-7-8-15)26-18-9-6-14(11-17(18)20)21(22,23)24/h3-6,9-11,15,19,25-26H,7-8,12H2,1-2H3. The van der Waals surface area contributed by atoms with Crippen molar-refractivity contribution in [2.45, 2.75) is 56.8 Å². The van der Waals surface area contributed by atoms with E-state index >= 15 is 0 Å². The molecule has 1 aliphatic carbocycles. The fourth-order valence-electron chi connectivity index (χ4n) is 3.78. The molecule has 0 saturated heterocycles. The maximum Gasteiger partial charge on any atom is 0.416 e. The molecule has 2 aliphatic rings. The monoisotopic (exact) mass is 360 g/mol. The van der Waals surface area contributed by atoms with Gasteiger partial charge in [-0.3, -0.25) is 0 Å². The molecule has 1 saturated carbocycles. The Labute approximate surface area is 151 Å². The lowest BCUT2D eigenvalue weighted by molar-refractivity contribution is -0.137. The van der Waals surface area contributed by atoms with Crippen molar-refractivity contribution < 1.29 is 13.2 Å². The number of anilines is 2. The first-order valence-corrected chi connectivity index (χ1v) is 9.07. The highest BCUT2D eigenvalue weighted by Crippen LogP contribution is 2.46. The van der Waals surface area contributed by atoms with E-state index < -0.39 is 11.7 Å². The van der Waals surface area contributed by atoms with Crippen molar-refractivity contribution in [1.29, 1.82) is 0 Å². The van der Waals surface area contributed by atoms with Crippen LogP contribution in [0.15, 0.2) is 42.5 Å². The van der Waals surface area contributed by atoms with Crippen molar-refractivity contribution in [2.24, 2.45) is 0 Å². The van der Waals surface area contributed by atoms with Gasteiger partial charge in [-0.25, -0.2) is 0 Å². The Balaban J connectivity index is 1.64. The van der Waals surface area contributed by atoms with Crippen molar-refractivity contribution in [3.8, 4) is 0 Å². The number of alkyl halides is 3. The summed E-state index contributed by atoms with van der Waals surface area (Å²) < 4.78 is 39.2. The summed E-state index contributed by atoms with van der Waals surface area (Å²) in [6.45, 7) is 4.04. The van der Waals surface area contributed by atoms with Crippen LogP contribution >= 0.6 is 0 Å². The van der Waals surface area contributed by atoms with Gasteiger partial charge in [0.15, 0.2) is 0 Å². The molecule has 1 atom stereocenters. The quantitative estimate of drug-likeness (QED) is 0.689. The fourth-order valence-corrected chi connectivity index (χ4v) is 3.78. The number of fused-ring (bicyclic) bond motifs is 1. The Morgan fingerprint density at radius 1 is 1.08 bits per heavy atom. The second kappa shape index (κ2) is 5.93. The molecule has 138 valence electrons. The molecule has 2 aromatic carbocycles. The normalized spacial score (nSPS) is 21.7. The van der Waals surface area contributed by atoms with Crippen molar-refractivity contribution in [1.82, 2.24) is 0 Å². The summed E-state index contributed by atoms with van der Waals surface area (Å²) >= 11 is 0. The maximum atomic E-state index is 13.1. The first-order chi connectivity index (χ1) is 12.2. The zero-order valence-corrected chi connectivity index (χ0v) is 15.0. The first-order valence-electron chi connectivity index (χ1n) is 9.07. The predicted molar refractivity (Wildman–Crippen MR) is 98.5 cm³/mol. The van der Waals surface area contributed by atoms with Crippen molar-refractivity contribution >= 4 is 11.4 Å². The first kappa shape index (κ1) is 17.3. The highest BCUT2D eigenvalue weighted by atomic mass is 19.4. The maximum absolute atomic E-state index is 13.1. The third-order valence-corrected chi connectivity index (χ3v) is 5.36. The number of benzene rings is 2. The van der Waals surface area contributed by atoms with Crippen LogP contribution in [0.2, 0.25) is 0 Å². The molecule has 1 fully saturated rings. The lowest BCUT2D eigenvalue weighted by Crippen LogP contribution is -2.31. The smallest absolute Gasteiger partial charge is 0.382 e. The molecule has 0 amide bonds. The average Bonchev–Trinajstić information content (AvgIpc) is 3.37. The number of nitrogens with one attached hydrogen (secondary N) is 2. The molecule has 0 spiro atoms. The molecule has 5 heteroatoms. The minimum absolute atomic E-state index is 0.0789. The summed E-state index contributed by atoms with van der Waals surface area (Å²) in [7, 11) is 0. The van der Waals surface area contributed by atoms with E-state index in [-0.39, 0.29) is 11.5 Å². The molecule has 1 aliphatic heterocycles. The minimum atomic E-state index is -4.31. The van der Waals surface area contributed by atoms with Gasteiger partial charge in [0.1, 0.15) is 0 Å². The van der Waals surface area contributed by atoms with Crippen LogP contribution in [0.4, 0.5) is 24.5 Å². The number of hydrogen-bond acceptors (Lipinski definition) is 2. The molecule has 2 aromatic rings. The van der Waals surface area contributed by atoms with E-state index in [2.05, 4.69) is 28.8 Å². The fraction of sp³-hybridized carbons (Fsp3) is 0.429. The van der Waals surface area contributed by atoms with Gasteiger partial charge in [-0.2, -0.15) is 13.2 Å². The Bertz CT molecular complexity index is 822. The van der Waals surface area contributed by atoms with Crippen LogP contribution in [0.1, 0.15) is 55.8 Å². The van der Waals surface area contributed by atoms with Crippen LogP contribution in [-0.4, -0.2) is 6.04 Å². The van der Waals surface area contributed by atoms with Crippen LogP contribution in [0, 0.1) is 0 Å². The van der Waals surface area contributed by atoms with Crippen LogP contribution in [0.5, 0.6) is 0 Å². The van der Waals surface area contributed by atoms with Crippen LogP contribution < -0.4 is 10.6 Å². The second-order valence-corrected chi connectivity index (χ2v) is 8.09. The van der Waals surface area contributed by atoms with E-state index in [4.69, 9.17) is 0 Å². The van der Waals surface area contributed by atoms with Crippen molar-refractivity contribution in [2.75, 3.05) is 10.6 Å². The van der Waals surface area contributed by atoms with Gasteiger partial charge in [0, 0.05) is 17.4 Å². The third kappa shape index (κ3) is 3.39. The predicted octanol–water partition coefficient (Wildman–Crippen LogP) is 6.11. The van der Waals surface area contributed by atoms with Crippen molar-refractivity contribution in [3.63, 3.8) is 0 Å². The van der Waals surface area contributed by atoms with Gasteiger partial charge in [0.05, 0.1) is 11.6 Å². The van der Waals surface area contributed by atoms with Gasteiger partial charge in [0.2, 0.25) is 0 Å². The summed E-state index contributed by atoms with van der Waals surface area (Å²) in [5.41, 5.74) is 2.87. The van der Waals surface area contributed by atoms with Crippen molar-refractivity contribution in [3.05, 3.63) is 59.2 Å². The Hall–Kier alpha value is -2.17. The van der Waals surface area contributed by atoms with E-state index in [1.807, 2.05) is 19.9 Å². The molecule has 1 unspecified atom stereocenters. The van der Waals surface area contributed by atoms with E-state index in [1.165, 1.54) is 18.9 Å². The van der Waals surface area contributed by atoms with Crippen LogP contribution in [0.25, 0.3) is 0 Å². The van der Waals surface area contributed by atoms with Gasteiger partial charge in [-0.15, -0.1) is 0 Å². The Morgan fingerprint density at radius 2 is 1.85 bits per heavy atom. The van der Waals surface area contributed by atoms with E-state index in [0.29, 0.717) is 6.04 Å². The molecule has 0 aromatic heterocycles. The summed E-state index contributed by atoms with van der Waals surface area (Å²) in [5.74, 6) is 0. The largest absolute Gasteiger partial charge is 0.416 e. The Morgan fingerprint density at radius 3 is 2.54 bits per heavy atom. The van der Waals surface area contributed by atoms with Gasteiger partial charge in [-0.05, 0) is 66.1 Å². The molecule has 0 bridgehead atoms. The van der Waals surface area contributed by atoms with E-state index in [9.17, 15) is 13.2 Å². The molecule has 4 rings (SSSR count). The lowest BCUT2D eigenvalue weighted by atomic mass is 9.73. The molecule has 2 N–H and O–H groups in total. The summed E-state index contributed by atoms with van der Waals surface area (Å²) in [4.78, 5) is 0. The second-order valence-electron chi connectivity index (χ2n) is 8.09. The van der Waals surface area contributed by atoms with Gasteiger partial charge < -0.3 is 10.6 Å². The topological polar surface area (TPSA) is 24.1 Å². The van der Waals surface area contributed by atoms with Crippen LogP contribution in [-0.2, 0) is 11.6 Å². The lowest BCUT2D eigenvalue weighted by Gasteiger charge is -2.39. The molecule has 0 radical (unpaired) electrons. The number of hydrogen-bond donors (Lipinski definition) is 2. The SMILES string of the molecule is CC1(C)CC(c2cccc(NC3CC3)c2)Nc2ccc(C(F)(F)F)cc21. The number of rotatable bonds is 3. The van der Waals surface area contributed by atoms with E-state index in [0.717, 1.165) is 35.0 Å². The molecular formula is C21H23F3N2. The zero-order valence-electron chi connectivity index (χ0n) is 15.0. The zero-order chi connectivity index (χ0) is 18.5. The highest BCUT2D eigenvalue weighted by Gasteiger charge is 2.37. The summed E-state index contributed by atoms with van der Waals surface area (Å²) in [5, 5.41) is 6.96. The average molecular weight is 360 g/mol. The molecular weight excluding hydrogens is 337 g/mol. The number of halogens is 3. The van der Waals surface area contributed by atoms with Gasteiger partial charge in [-0.1, -0.05) is 26.0 Å². The van der Waals surface area contributed by atoms with E-state index in [1.54, 1.807) is 6.07 Å². The third-order valence-electron chi connectivity index (χ3n) is 5.36. The summed E-state index contributed by atoms with van der Waals surface area (Å²) in [6, 6.07) is 13.0. The molecule has 26 heavy (non-hydrogen) atoms. The molecule has 2 nitrogen and oxygen atoms in total. The summed E-state index contributed by atoms with van der Waals surface area (Å²) in [6.07, 6.45) is -1.14.